The molecule has 1 saturated carbocycles. The van der Waals surface area contributed by atoms with Crippen LogP contribution in [0.5, 0.6) is 0 Å². The molecular formula is C19H18N2O2S2. The van der Waals surface area contributed by atoms with Gasteiger partial charge in [0.25, 0.3) is 0 Å². The second-order valence-corrected chi connectivity index (χ2v) is 10.2. The number of nitrogens with zero attached hydrogens (tertiary/aromatic N) is 2. The number of aromatic nitrogens is 1. The summed E-state index contributed by atoms with van der Waals surface area (Å²) in [6.07, 6.45) is 5.22. The third-order valence-electron chi connectivity index (χ3n) is 5.42. The van der Waals surface area contributed by atoms with E-state index in [9.17, 15) is 9.59 Å². The molecule has 2 aliphatic carbocycles. The zero-order valence-electron chi connectivity index (χ0n) is 14.0. The number of hydrogen-bond acceptors (Lipinski definition) is 5. The van der Waals surface area contributed by atoms with E-state index in [0.717, 1.165) is 21.0 Å². The number of hydrogen-bond donors (Lipinski definition) is 0. The normalized spacial score (nSPS) is 30.3. The van der Waals surface area contributed by atoms with Crippen LogP contribution in [0.3, 0.4) is 0 Å². The van der Waals surface area contributed by atoms with Crippen molar-refractivity contribution in [1.29, 1.82) is 0 Å². The van der Waals surface area contributed by atoms with Gasteiger partial charge in [0.1, 0.15) is 0 Å². The minimum Gasteiger partial charge on any atom is -0.274 e. The number of allylic oxidation sites excluding steroid dienone is 2. The van der Waals surface area contributed by atoms with E-state index in [4.69, 9.17) is 0 Å². The summed E-state index contributed by atoms with van der Waals surface area (Å²) in [6.45, 7) is 4.29. The van der Waals surface area contributed by atoms with E-state index >= 15 is 0 Å². The molecule has 0 spiro atoms. The minimum absolute atomic E-state index is 0.0208. The van der Waals surface area contributed by atoms with E-state index in [2.05, 4.69) is 31.0 Å². The van der Waals surface area contributed by atoms with E-state index < -0.39 is 0 Å². The van der Waals surface area contributed by atoms with Crippen molar-refractivity contribution in [2.24, 2.45) is 23.7 Å². The highest BCUT2D eigenvalue weighted by Crippen LogP contribution is 2.53. The Morgan fingerprint density at radius 3 is 2.48 bits per heavy atom. The Balaban J connectivity index is 1.51. The second kappa shape index (κ2) is 5.42. The number of thiazole rings is 1. The van der Waals surface area contributed by atoms with Gasteiger partial charge in [0.05, 0.1) is 27.7 Å². The van der Waals surface area contributed by atoms with Crippen molar-refractivity contribution in [1.82, 2.24) is 4.98 Å². The average Bonchev–Trinajstić information content (AvgIpc) is 3.29. The summed E-state index contributed by atoms with van der Waals surface area (Å²) in [7, 11) is 0. The number of amides is 2. The van der Waals surface area contributed by atoms with Crippen molar-refractivity contribution < 1.29 is 9.59 Å². The number of benzene rings is 1. The summed E-state index contributed by atoms with van der Waals surface area (Å²) in [5.41, 5.74) is 1.62. The van der Waals surface area contributed by atoms with Crippen LogP contribution in [0.25, 0.3) is 10.2 Å². The first kappa shape index (κ1) is 15.6. The molecular weight excluding hydrogens is 352 g/mol. The summed E-state index contributed by atoms with van der Waals surface area (Å²) in [4.78, 5) is 31.9. The Hall–Kier alpha value is -1.66. The zero-order valence-corrected chi connectivity index (χ0v) is 15.6. The highest BCUT2D eigenvalue weighted by atomic mass is 32.2. The second-order valence-electron chi connectivity index (χ2n) is 7.31. The van der Waals surface area contributed by atoms with Crippen molar-refractivity contribution in [3.63, 3.8) is 0 Å². The van der Waals surface area contributed by atoms with Gasteiger partial charge in [-0.3, -0.25) is 9.59 Å². The number of carbonyl (C=O) groups is 2. The molecule has 2 amide bonds. The maximum Gasteiger partial charge on any atom is 0.238 e. The lowest BCUT2D eigenvalue weighted by Crippen LogP contribution is -2.32. The highest BCUT2D eigenvalue weighted by Gasteiger charge is 2.59. The SMILES string of the molecule is CC(C)Sc1nc2ccc(N3C(=O)[C@@H]4[C@H](C3=O)[C@@H]3C=C[C@H]4C3)cc2s1. The molecule has 0 unspecified atom stereocenters. The van der Waals surface area contributed by atoms with Crippen molar-refractivity contribution in [2.45, 2.75) is 29.9 Å². The van der Waals surface area contributed by atoms with Crippen LogP contribution in [0.2, 0.25) is 0 Å². The predicted octanol–water partition coefficient (Wildman–Crippen LogP) is 4.11. The number of imide groups is 1. The first-order valence-electron chi connectivity index (χ1n) is 8.66. The Morgan fingerprint density at radius 1 is 1.16 bits per heavy atom. The maximum absolute atomic E-state index is 12.9. The topological polar surface area (TPSA) is 50.3 Å². The summed E-state index contributed by atoms with van der Waals surface area (Å²) < 4.78 is 2.06. The summed E-state index contributed by atoms with van der Waals surface area (Å²) in [5, 5.41) is 0.476. The third-order valence-corrected chi connectivity index (χ3v) is 7.53. The van der Waals surface area contributed by atoms with E-state index in [1.165, 1.54) is 4.90 Å². The van der Waals surface area contributed by atoms with Crippen LogP contribution in [0, 0.1) is 23.7 Å². The van der Waals surface area contributed by atoms with Gasteiger partial charge < -0.3 is 0 Å². The smallest absolute Gasteiger partial charge is 0.238 e. The van der Waals surface area contributed by atoms with Gasteiger partial charge in [-0.15, -0.1) is 11.3 Å². The lowest BCUT2D eigenvalue weighted by Gasteiger charge is -2.17. The lowest BCUT2D eigenvalue weighted by atomic mass is 9.85. The quantitative estimate of drug-likeness (QED) is 0.463. The molecule has 5 rings (SSSR count). The van der Waals surface area contributed by atoms with Crippen LogP contribution in [0.15, 0.2) is 34.7 Å². The molecule has 3 aliphatic rings. The van der Waals surface area contributed by atoms with E-state index in [-0.39, 0.29) is 35.5 Å². The molecule has 4 nitrogen and oxygen atoms in total. The monoisotopic (exact) mass is 370 g/mol. The number of rotatable bonds is 3. The van der Waals surface area contributed by atoms with Crippen LogP contribution in [0.4, 0.5) is 5.69 Å². The van der Waals surface area contributed by atoms with Gasteiger partial charge >= 0.3 is 0 Å². The lowest BCUT2D eigenvalue weighted by molar-refractivity contribution is -0.123. The minimum atomic E-state index is -0.147. The van der Waals surface area contributed by atoms with Crippen LogP contribution >= 0.6 is 23.1 Å². The Labute approximate surface area is 154 Å². The van der Waals surface area contributed by atoms with E-state index in [1.807, 2.05) is 18.2 Å². The Bertz CT molecular complexity index is 903. The van der Waals surface area contributed by atoms with Crippen LogP contribution in [-0.2, 0) is 9.59 Å². The zero-order chi connectivity index (χ0) is 17.3. The van der Waals surface area contributed by atoms with Crippen molar-refractivity contribution in [3.8, 4) is 0 Å². The number of thioether (sulfide) groups is 1. The van der Waals surface area contributed by atoms with Crippen molar-refractivity contribution in [2.75, 3.05) is 4.90 Å². The van der Waals surface area contributed by atoms with Crippen LogP contribution in [-0.4, -0.2) is 22.0 Å². The first-order chi connectivity index (χ1) is 12.0. The van der Waals surface area contributed by atoms with Gasteiger partial charge in [0, 0.05) is 5.25 Å². The standard InChI is InChI=1S/C19H18N2O2S2/c1-9(2)24-19-20-13-6-5-12(8-14(13)25-19)21-17(22)15-10-3-4-11(7-10)16(15)18(21)23/h3-6,8-11,15-16H,7H2,1-2H3/t10-,11+,15-,16+. The third kappa shape index (κ3) is 2.23. The fourth-order valence-electron chi connectivity index (χ4n) is 4.44. The molecule has 2 heterocycles. The van der Waals surface area contributed by atoms with Gasteiger partial charge in [-0.2, -0.15) is 0 Å². The molecule has 2 fully saturated rings. The number of fused-ring (bicyclic) bond motifs is 6. The molecule has 2 aromatic rings. The maximum atomic E-state index is 12.9. The summed E-state index contributed by atoms with van der Waals surface area (Å²) in [5.74, 6) is 0.161. The van der Waals surface area contributed by atoms with Crippen molar-refractivity contribution in [3.05, 3.63) is 30.4 Å². The summed E-state index contributed by atoms with van der Waals surface area (Å²) >= 11 is 3.36. The molecule has 1 aromatic carbocycles. The van der Waals surface area contributed by atoms with Crippen molar-refractivity contribution >= 4 is 50.8 Å². The average molecular weight is 370 g/mol. The van der Waals surface area contributed by atoms with Crippen LogP contribution < -0.4 is 4.90 Å². The van der Waals surface area contributed by atoms with Gasteiger partial charge in [-0.05, 0) is 36.5 Å². The highest BCUT2D eigenvalue weighted by molar-refractivity contribution is 8.01. The first-order valence-corrected chi connectivity index (χ1v) is 10.4. The molecule has 25 heavy (non-hydrogen) atoms. The molecule has 1 aliphatic heterocycles. The molecule has 0 N–H and O–H groups in total. The van der Waals surface area contributed by atoms with Crippen LogP contribution in [0.1, 0.15) is 20.3 Å². The van der Waals surface area contributed by atoms with Gasteiger partial charge in [-0.25, -0.2) is 9.88 Å². The molecule has 4 atom stereocenters. The number of anilines is 1. The fraction of sp³-hybridized carbons (Fsp3) is 0.421. The van der Waals surface area contributed by atoms with Gasteiger partial charge in [-0.1, -0.05) is 37.8 Å². The van der Waals surface area contributed by atoms with E-state index in [0.29, 0.717) is 10.9 Å². The molecule has 1 aromatic heterocycles. The fourth-order valence-corrected chi connectivity index (χ4v) is 6.76. The van der Waals surface area contributed by atoms with Gasteiger partial charge in [0.15, 0.2) is 4.34 Å². The Kier molecular flexibility index (Phi) is 3.38. The Morgan fingerprint density at radius 2 is 1.84 bits per heavy atom. The van der Waals surface area contributed by atoms with Gasteiger partial charge in [0.2, 0.25) is 11.8 Å². The molecule has 0 radical (unpaired) electrons. The molecule has 1 saturated heterocycles. The summed E-state index contributed by atoms with van der Waals surface area (Å²) in [6, 6.07) is 5.73. The molecule has 2 bridgehead atoms. The molecule has 6 heteroatoms. The number of carbonyl (C=O) groups excluding carboxylic acids is 2. The predicted molar refractivity (Wildman–Crippen MR) is 101 cm³/mol. The molecule has 128 valence electrons. The van der Waals surface area contributed by atoms with E-state index in [1.54, 1.807) is 23.1 Å². The largest absolute Gasteiger partial charge is 0.274 e.